The molecular formula is C14H22N2O2. The summed E-state index contributed by atoms with van der Waals surface area (Å²) < 4.78 is 11.4. The summed E-state index contributed by atoms with van der Waals surface area (Å²) in [6.07, 6.45) is 2.31. The maximum Gasteiger partial charge on any atom is 0.142 e. The highest BCUT2D eigenvalue weighted by atomic mass is 16.5. The van der Waals surface area contributed by atoms with Gasteiger partial charge in [-0.1, -0.05) is 6.92 Å². The average molecular weight is 250 g/mol. The van der Waals surface area contributed by atoms with Crippen molar-refractivity contribution in [2.45, 2.75) is 39.3 Å². The molecule has 1 saturated heterocycles. The van der Waals surface area contributed by atoms with E-state index in [2.05, 4.69) is 17.2 Å². The van der Waals surface area contributed by atoms with Gasteiger partial charge in [-0.3, -0.25) is 4.98 Å². The van der Waals surface area contributed by atoms with E-state index in [1.165, 1.54) is 0 Å². The number of ether oxygens (including phenoxy) is 2. The quantitative estimate of drug-likeness (QED) is 0.868. The first-order valence-corrected chi connectivity index (χ1v) is 6.71. The van der Waals surface area contributed by atoms with E-state index in [0.29, 0.717) is 6.61 Å². The smallest absolute Gasteiger partial charge is 0.142 e. The van der Waals surface area contributed by atoms with E-state index in [1.54, 1.807) is 0 Å². The van der Waals surface area contributed by atoms with Crippen molar-refractivity contribution in [1.29, 1.82) is 0 Å². The Labute approximate surface area is 109 Å². The molecule has 2 heterocycles. The summed E-state index contributed by atoms with van der Waals surface area (Å²) in [6.45, 7) is 7.32. The van der Waals surface area contributed by atoms with Gasteiger partial charge in [0, 0.05) is 18.8 Å². The van der Waals surface area contributed by atoms with E-state index >= 15 is 0 Å². The second-order valence-corrected chi connectivity index (χ2v) is 4.63. The normalized spacial score (nSPS) is 19.8. The molecule has 0 amide bonds. The molecule has 100 valence electrons. The Morgan fingerprint density at radius 1 is 1.50 bits per heavy atom. The largest absolute Gasteiger partial charge is 0.486 e. The van der Waals surface area contributed by atoms with Crippen LogP contribution < -0.4 is 10.1 Å². The molecule has 0 aliphatic carbocycles. The van der Waals surface area contributed by atoms with Crippen molar-refractivity contribution in [2.24, 2.45) is 0 Å². The van der Waals surface area contributed by atoms with Crippen molar-refractivity contribution >= 4 is 0 Å². The topological polar surface area (TPSA) is 43.4 Å². The standard InChI is InChI=1S/C14H22N2O2/c1-3-15-9-13-14(7-6-11(2)16-13)18-12-5-4-8-17-10-12/h6-7,12,15H,3-5,8-10H2,1-2H3. The van der Waals surface area contributed by atoms with Crippen molar-refractivity contribution in [2.75, 3.05) is 19.8 Å². The zero-order valence-corrected chi connectivity index (χ0v) is 11.2. The highest BCUT2D eigenvalue weighted by Crippen LogP contribution is 2.21. The van der Waals surface area contributed by atoms with Gasteiger partial charge in [0.25, 0.3) is 0 Å². The van der Waals surface area contributed by atoms with E-state index in [1.807, 2.05) is 19.1 Å². The predicted octanol–water partition coefficient (Wildman–Crippen LogP) is 2.06. The minimum atomic E-state index is 0.170. The summed E-state index contributed by atoms with van der Waals surface area (Å²) in [5, 5.41) is 3.30. The monoisotopic (exact) mass is 250 g/mol. The first-order chi connectivity index (χ1) is 8.79. The molecule has 4 nitrogen and oxygen atoms in total. The van der Waals surface area contributed by atoms with Crippen LogP contribution >= 0.6 is 0 Å². The number of hydrogen-bond acceptors (Lipinski definition) is 4. The molecule has 1 unspecified atom stereocenters. The van der Waals surface area contributed by atoms with Gasteiger partial charge < -0.3 is 14.8 Å². The Balaban J connectivity index is 2.04. The minimum Gasteiger partial charge on any atom is -0.486 e. The molecule has 0 saturated carbocycles. The lowest BCUT2D eigenvalue weighted by Gasteiger charge is -2.24. The highest BCUT2D eigenvalue weighted by molar-refractivity contribution is 5.29. The summed E-state index contributed by atoms with van der Waals surface area (Å²) >= 11 is 0. The van der Waals surface area contributed by atoms with Gasteiger partial charge in [0.1, 0.15) is 11.9 Å². The Morgan fingerprint density at radius 2 is 2.39 bits per heavy atom. The van der Waals surface area contributed by atoms with E-state index < -0.39 is 0 Å². The number of rotatable bonds is 5. The first-order valence-electron chi connectivity index (χ1n) is 6.71. The number of aromatic nitrogens is 1. The first kappa shape index (κ1) is 13.3. The van der Waals surface area contributed by atoms with Crippen LogP contribution in [0.15, 0.2) is 12.1 Å². The number of nitrogens with zero attached hydrogens (tertiary/aromatic N) is 1. The highest BCUT2D eigenvalue weighted by Gasteiger charge is 2.17. The number of hydrogen-bond donors (Lipinski definition) is 1. The molecule has 0 aromatic carbocycles. The van der Waals surface area contributed by atoms with Crippen molar-refractivity contribution in [3.63, 3.8) is 0 Å². The molecule has 18 heavy (non-hydrogen) atoms. The molecule has 0 spiro atoms. The molecule has 1 aliphatic rings. The molecule has 4 heteroatoms. The third-order valence-electron chi connectivity index (χ3n) is 3.03. The van der Waals surface area contributed by atoms with Gasteiger partial charge in [-0.15, -0.1) is 0 Å². The lowest BCUT2D eigenvalue weighted by Crippen LogP contribution is -2.28. The summed E-state index contributed by atoms with van der Waals surface area (Å²) in [6, 6.07) is 4.01. The van der Waals surface area contributed by atoms with Crippen LogP contribution in [0.1, 0.15) is 31.2 Å². The molecule has 0 radical (unpaired) electrons. The van der Waals surface area contributed by atoms with Gasteiger partial charge in [0.05, 0.1) is 12.3 Å². The van der Waals surface area contributed by atoms with Crippen LogP contribution in [-0.2, 0) is 11.3 Å². The van der Waals surface area contributed by atoms with Gasteiger partial charge in [-0.25, -0.2) is 0 Å². The molecule has 1 N–H and O–H groups in total. The molecule has 0 bridgehead atoms. The maximum atomic E-state index is 6.01. The summed E-state index contributed by atoms with van der Waals surface area (Å²) in [5.41, 5.74) is 2.01. The summed E-state index contributed by atoms with van der Waals surface area (Å²) in [5.74, 6) is 0.886. The van der Waals surface area contributed by atoms with Crippen LogP contribution in [-0.4, -0.2) is 30.8 Å². The Kier molecular flexibility index (Phi) is 4.96. The Morgan fingerprint density at radius 3 is 3.11 bits per heavy atom. The minimum absolute atomic E-state index is 0.170. The fourth-order valence-electron chi connectivity index (χ4n) is 2.06. The third kappa shape index (κ3) is 3.68. The Hall–Kier alpha value is -1.13. The van der Waals surface area contributed by atoms with Crippen LogP contribution in [0.3, 0.4) is 0 Å². The van der Waals surface area contributed by atoms with Gasteiger partial charge in [0.2, 0.25) is 0 Å². The van der Waals surface area contributed by atoms with Crippen LogP contribution in [0.4, 0.5) is 0 Å². The molecule has 1 aromatic heterocycles. The van der Waals surface area contributed by atoms with E-state index in [-0.39, 0.29) is 6.10 Å². The fourth-order valence-corrected chi connectivity index (χ4v) is 2.06. The van der Waals surface area contributed by atoms with E-state index in [0.717, 1.165) is 49.7 Å². The van der Waals surface area contributed by atoms with Gasteiger partial charge in [-0.05, 0) is 38.4 Å². The van der Waals surface area contributed by atoms with Crippen molar-refractivity contribution in [1.82, 2.24) is 10.3 Å². The van der Waals surface area contributed by atoms with Crippen LogP contribution in [0.25, 0.3) is 0 Å². The van der Waals surface area contributed by atoms with Gasteiger partial charge in [-0.2, -0.15) is 0 Å². The fraction of sp³-hybridized carbons (Fsp3) is 0.643. The lowest BCUT2D eigenvalue weighted by atomic mass is 10.2. The van der Waals surface area contributed by atoms with Gasteiger partial charge >= 0.3 is 0 Å². The second-order valence-electron chi connectivity index (χ2n) is 4.63. The van der Waals surface area contributed by atoms with Gasteiger partial charge in [0.15, 0.2) is 0 Å². The second kappa shape index (κ2) is 6.71. The molecular weight excluding hydrogens is 228 g/mol. The van der Waals surface area contributed by atoms with Crippen molar-refractivity contribution < 1.29 is 9.47 Å². The van der Waals surface area contributed by atoms with Crippen LogP contribution in [0, 0.1) is 6.92 Å². The summed E-state index contributed by atoms with van der Waals surface area (Å²) in [4.78, 5) is 4.55. The van der Waals surface area contributed by atoms with E-state index in [9.17, 15) is 0 Å². The van der Waals surface area contributed by atoms with Crippen molar-refractivity contribution in [3.8, 4) is 5.75 Å². The molecule has 1 aliphatic heterocycles. The SMILES string of the molecule is CCNCc1nc(C)ccc1OC1CCCOC1. The third-order valence-corrected chi connectivity index (χ3v) is 3.03. The van der Waals surface area contributed by atoms with Crippen LogP contribution in [0.5, 0.6) is 5.75 Å². The predicted molar refractivity (Wildman–Crippen MR) is 70.8 cm³/mol. The zero-order valence-electron chi connectivity index (χ0n) is 11.2. The molecule has 1 fully saturated rings. The molecule has 2 rings (SSSR count). The zero-order chi connectivity index (χ0) is 12.8. The van der Waals surface area contributed by atoms with Crippen LogP contribution in [0.2, 0.25) is 0 Å². The Bertz CT molecular complexity index is 376. The van der Waals surface area contributed by atoms with Crippen molar-refractivity contribution in [3.05, 3.63) is 23.5 Å². The number of aryl methyl sites for hydroxylation is 1. The van der Waals surface area contributed by atoms with E-state index in [4.69, 9.17) is 9.47 Å². The molecule has 1 atom stereocenters. The number of nitrogens with one attached hydrogen (secondary N) is 1. The molecule has 1 aromatic rings. The summed E-state index contributed by atoms with van der Waals surface area (Å²) in [7, 11) is 0. The lowest BCUT2D eigenvalue weighted by molar-refractivity contribution is 0.00680. The average Bonchev–Trinajstić information content (AvgIpc) is 2.40. The maximum absolute atomic E-state index is 6.01. The number of pyridine rings is 1.